The molecule has 0 fully saturated rings. The number of rotatable bonds is 45. The van der Waals surface area contributed by atoms with E-state index in [1.807, 2.05) is 12.2 Å². The van der Waals surface area contributed by atoms with E-state index in [2.05, 4.69) is 142 Å². The zero-order valence-electron chi connectivity index (χ0n) is 42.1. The van der Waals surface area contributed by atoms with Crippen molar-refractivity contribution in [2.75, 3.05) is 13.2 Å². The van der Waals surface area contributed by atoms with E-state index in [9.17, 15) is 14.4 Å². The van der Waals surface area contributed by atoms with E-state index < -0.39 is 6.10 Å². The van der Waals surface area contributed by atoms with Crippen LogP contribution in [0.5, 0.6) is 0 Å². The molecule has 370 valence electrons. The van der Waals surface area contributed by atoms with Crippen molar-refractivity contribution in [3.05, 3.63) is 134 Å². The number of ether oxygens (including phenoxy) is 3. The van der Waals surface area contributed by atoms with Gasteiger partial charge in [-0.25, -0.2) is 0 Å². The summed E-state index contributed by atoms with van der Waals surface area (Å²) in [7, 11) is 0. The number of esters is 3. The van der Waals surface area contributed by atoms with Crippen LogP contribution in [0, 0.1) is 0 Å². The first kappa shape index (κ1) is 61.5. The second-order valence-corrected chi connectivity index (χ2v) is 16.7. The second kappa shape index (κ2) is 53.2. The van der Waals surface area contributed by atoms with Gasteiger partial charge >= 0.3 is 17.9 Å². The van der Waals surface area contributed by atoms with Crippen LogP contribution in [0.4, 0.5) is 0 Å². The highest BCUT2D eigenvalue weighted by atomic mass is 16.6. The molecule has 1 atom stereocenters. The van der Waals surface area contributed by atoms with Gasteiger partial charge in [-0.1, -0.05) is 206 Å². The van der Waals surface area contributed by atoms with Crippen molar-refractivity contribution in [3.8, 4) is 0 Å². The summed E-state index contributed by atoms with van der Waals surface area (Å²) in [5, 5.41) is 0. The number of carbonyl (C=O) groups is 3. The van der Waals surface area contributed by atoms with Gasteiger partial charge in [0.25, 0.3) is 0 Å². The lowest BCUT2D eigenvalue weighted by atomic mass is 10.1. The molecule has 0 aromatic carbocycles. The highest BCUT2D eigenvalue weighted by Gasteiger charge is 2.19. The normalized spacial score (nSPS) is 13.2. The number of hydrogen-bond acceptors (Lipinski definition) is 6. The average molecular weight is 911 g/mol. The Balaban J connectivity index is 4.58. The fraction of sp³-hybridized carbons (Fsp3) is 0.583. The van der Waals surface area contributed by atoms with Gasteiger partial charge in [0.15, 0.2) is 6.10 Å². The molecule has 0 radical (unpaired) electrons. The maximum atomic E-state index is 12.8. The predicted octanol–water partition coefficient (Wildman–Crippen LogP) is 17.5. The molecule has 0 spiro atoms. The van der Waals surface area contributed by atoms with Crippen molar-refractivity contribution in [3.63, 3.8) is 0 Å². The molecule has 6 nitrogen and oxygen atoms in total. The molecule has 0 saturated carbocycles. The lowest BCUT2D eigenvalue weighted by molar-refractivity contribution is -0.166. The van der Waals surface area contributed by atoms with Crippen LogP contribution in [0.15, 0.2) is 134 Å². The maximum Gasteiger partial charge on any atom is 0.306 e. The molecule has 0 aromatic heterocycles. The minimum atomic E-state index is -0.828. The molecule has 0 amide bonds. The Morgan fingerprint density at radius 2 is 0.621 bits per heavy atom. The summed E-state index contributed by atoms with van der Waals surface area (Å²) in [6.45, 7) is 6.26. The van der Waals surface area contributed by atoms with Crippen LogP contribution < -0.4 is 0 Å². The van der Waals surface area contributed by atoms with Crippen LogP contribution in [-0.4, -0.2) is 37.2 Å². The summed E-state index contributed by atoms with van der Waals surface area (Å²) < 4.78 is 16.7. The summed E-state index contributed by atoms with van der Waals surface area (Å²) in [5.74, 6) is -1.05. The highest BCUT2D eigenvalue weighted by molar-refractivity contribution is 5.71. The fourth-order valence-electron chi connectivity index (χ4n) is 6.50. The van der Waals surface area contributed by atoms with Crippen molar-refractivity contribution >= 4 is 17.9 Å². The molecule has 0 aliphatic carbocycles. The van der Waals surface area contributed by atoms with Crippen LogP contribution in [0.1, 0.15) is 207 Å². The zero-order valence-corrected chi connectivity index (χ0v) is 42.1. The van der Waals surface area contributed by atoms with Crippen LogP contribution in [-0.2, 0) is 28.6 Å². The lowest BCUT2D eigenvalue weighted by Crippen LogP contribution is -2.30. The van der Waals surface area contributed by atoms with Gasteiger partial charge in [0.1, 0.15) is 13.2 Å². The van der Waals surface area contributed by atoms with Gasteiger partial charge in [-0.2, -0.15) is 0 Å². The first-order chi connectivity index (χ1) is 32.5. The summed E-state index contributed by atoms with van der Waals surface area (Å²) in [4.78, 5) is 38.0. The number of carbonyl (C=O) groups excluding carboxylic acids is 3. The van der Waals surface area contributed by atoms with Gasteiger partial charge in [-0.05, 0) is 116 Å². The zero-order chi connectivity index (χ0) is 47.9. The summed E-state index contributed by atoms with van der Waals surface area (Å²) in [5.41, 5.74) is 0. The molecule has 0 aliphatic rings. The largest absolute Gasteiger partial charge is 0.462 e. The van der Waals surface area contributed by atoms with Crippen molar-refractivity contribution in [2.24, 2.45) is 0 Å². The number of unbranched alkanes of at least 4 members (excludes halogenated alkanes) is 12. The minimum Gasteiger partial charge on any atom is -0.462 e. The molecule has 0 N–H and O–H groups in total. The molecule has 6 heteroatoms. The SMILES string of the molecule is CC/C=C\C/C=C\C/C=C\C/C=C\C/C=C\C/C=C\CCC(=O)OCC(COC(=O)CCCCCCC/C=C\C/C=C\CCCC)OC(=O)CCCCCCC/C=C\C/C=C\C/C=C\CC. The van der Waals surface area contributed by atoms with Crippen LogP contribution in [0.2, 0.25) is 0 Å². The molecule has 66 heavy (non-hydrogen) atoms. The first-order valence-electron chi connectivity index (χ1n) is 26.2. The fourth-order valence-corrected chi connectivity index (χ4v) is 6.50. The summed E-state index contributed by atoms with van der Waals surface area (Å²) >= 11 is 0. The van der Waals surface area contributed by atoms with Gasteiger partial charge in [0, 0.05) is 19.3 Å². The molecule has 0 heterocycles. The van der Waals surface area contributed by atoms with E-state index in [1.165, 1.54) is 19.3 Å². The predicted molar refractivity (Wildman–Crippen MR) is 283 cm³/mol. The summed E-state index contributed by atoms with van der Waals surface area (Å²) in [6, 6.07) is 0. The van der Waals surface area contributed by atoms with E-state index in [-0.39, 0.29) is 44.0 Å². The molecular formula is C60H94O6. The van der Waals surface area contributed by atoms with Gasteiger partial charge in [0.2, 0.25) is 0 Å². The van der Waals surface area contributed by atoms with Crippen molar-refractivity contribution in [1.29, 1.82) is 0 Å². The van der Waals surface area contributed by atoms with E-state index in [1.54, 1.807) is 0 Å². The Morgan fingerprint density at radius 3 is 1.02 bits per heavy atom. The molecular weight excluding hydrogens is 817 g/mol. The minimum absolute atomic E-state index is 0.121. The van der Waals surface area contributed by atoms with Gasteiger partial charge in [0.05, 0.1) is 0 Å². The van der Waals surface area contributed by atoms with Crippen molar-refractivity contribution in [1.82, 2.24) is 0 Å². The Bertz CT molecular complexity index is 1460. The molecule has 0 rings (SSSR count). The Morgan fingerprint density at radius 1 is 0.318 bits per heavy atom. The third-order valence-corrected chi connectivity index (χ3v) is 10.4. The maximum absolute atomic E-state index is 12.8. The van der Waals surface area contributed by atoms with E-state index in [4.69, 9.17) is 14.2 Å². The third-order valence-electron chi connectivity index (χ3n) is 10.4. The van der Waals surface area contributed by atoms with Crippen LogP contribution in [0.3, 0.4) is 0 Å². The second-order valence-electron chi connectivity index (χ2n) is 16.7. The topological polar surface area (TPSA) is 78.9 Å². The van der Waals surface area contributed by atoms with Gasteiger partial charge < -0.3 is 14.2 Å². The van der Waals surface area contributed by atoms with E-state index in [0.29, 0.717) is 12.8 Å². The summed E-state index contributed by atoms with van der Waals surface area (Å²) in [6.07, 6.45) is 74.4. The Kier molecular flexibility index (Phi) is 49.6. The van der Waals surface area contributed by atoms with E-state index >= 15 is 0 Å². The smallest absolute Gasteiger partial charge is 0.306 e. The van der Waals surface area contributed by atoms with Crippen LogP contribution in [0.25, 0.3) is 0 Å². The highest BCUT2D eigenvalue weighted by Crippen LogP contribution is 2.12. The van der Waals surface area contributed by atoms with Crippen molar-refractivity contribution < 1.29 is 28.6 Å². The quantitative estimate of drug-likeness (QED) is 0.0262. The van der Waals surface area contributed by atoms with Crippen LogP contribution >= 0.6 is 0 Å². The Labute approximate surface area is 405 Å². The lowest BCUT2D eigenvalue weighted by Gasteiger charge is -2.18. The first-order valence-corrected chi connectivity index (χ1v) is 26.2. The molecule has 1 unspecified atom stereocenters. The standard InChI is InChI=1S/C60H94O6/c1-4-7-10-13-16-19-22-25-28-29-30-31-33-35-38-41-44-47-50-53-59(62)65-56-57(55-64-58(61)52-49-46-43-40-37-34-27-24-21-18-15-12-9-6-3)66-60(63)54-51-48-45-42-39-36-32-26-23-20-17-14-11-8-5-2/h7-8,10-11,15-20,24-28,30-32,35,38,44,47,57H,4-6,9,12-14,21-23,29,33-34,36-37,39-43,45-46,48-56H2,1-3H3/b10-7-,11-8-,18-15-,19-16-,20-17-,27-24-,28-25-,31-30-,32-26-,38-35-,47-44-. The monoisotopic (exact) mass is 911 g/mol. The van der Waals surface area contributed by atoms with Gasteiger partial charge in [-0.15, -0.1) is 0 Å². The van der Waals surface area contributed by atoms with Gasteiger partial charge in [-0.3, -0.25) is 14.4 Å². The number of allylic oxidation sites excluding steroid dienone is 22. The number of hydrogen-bond donors (Lipinski definition) is 0. The molecule has 0 saturated heterocycles. The van der Waals surface area contributed by atoms with E-state index in [0.717, 1.165) is 141 Å². The molecule has 0 bridgehead atoms. The average Bonchev–Trinajstić information content (AvgIpc) is 3.31. The Hall–Kier alpha value is -4.45. The third kappa shape index (κ3) is 50.5. The molecule has 0 aromatic rings. The molecule has 0 aliphatic heterocycles. The van der Waals surface area contributed by atoms with Crippen molar-refractivity contribution in [2.45, 2.75) is 213 Å².